The van der Waals surface area contributed by atoms with Gasteiger partial charge in [-0.2, -0.15) is 0 Å². The van der Waals surface area contributed by atoms with Crippen LogP contribution in [-0.2, 0) is 17.6 Å². The molecule has 0 aliphatic carbocycles. The number of aryl methyl sites for hydroxylation is 1. The van der Waals surface area contributed by atoms with Crippen LogP contribution >= 0.6 is 0 Å². The highest BCUT2D eigenvalue weighted by Crippen LogP contribution is 2.09. The van der Waals surface area contributed by atoms with Gasteiger partial charge in [0.05, 0.1) is 6.42 Å². The first-order valence-corrected chi connectivity index (χ1v) is 8.04. The Bertz CT molecular complexity index is 379. The van der Waals surface area contributed by atoms with Crippen molar-refractivity contribution in [2.24, 2.45) is 5.92 Å². The molecule has 0 saturated carbocycles. The zero-order valence-electron chi connectivity index (χ0n) is 13.2. The summed E-state index contributed by atoms with van der Waals surface area (Å²) in [5, 5.41) is 3.04. The summed E-state index contributed by atoms with van der Waals surface area (Å²) >= 11 is 0. The van der Waals surface area contributed by atoms with E-state index in [9.17, 15) is 4.79 Å². The van der Waals surface area contributed by atoms with Crippen molar-refractivity contribution in [2.75, 3.05) is 6.54 Å². The summed E-state index contributed by atoms with van der Waals surface area (Å²) in [4.78, 5) is 11.9. The number of hydrogen-bond acceptors (Lipinski definition) is 1. The van der Waals surface area contributed by atoms with Gasteiger partial charge in [0.15, 0.2) is 0 Å². The normalized spacial score (nSPS) is 10.8. The first-order chi connectivity index (χ1) is 9.69. The fourth-order valence-corrected chi connectivity index (χ4v) is 2.29. The number of hydrogen-bond donors (Lipinski definition) is 1. The molecule has 1 aromatic rings. The van der Waals surface area contributed by atoms with Crippen molar-refractivity contribution >= 4 is 5.91 Å². The minimum absolute atomic E-state index is 0.137. The Kier molecular flexibility index (Phi) is 8.01. The lowest BCUT2D eigenvalue weighted by molar-refractivity contribution is -0.120. The van der Waals surface area contributed by atoms with Crippen LogP contribution in [0.5, 0.6) is 0 Å². The Hall–Kier alpha value is -1.31. The molecule has 1 aromatic carbocycles. The van der Waals surface area contributed by atoms with Crippen LogP contribution in [0.1, 0.15) is 57.6 Å². The first-order valence-electron chi connectivity index (χ1n) is 8.04. The van der Waals surface area contributed by atoms with Crippen LogP contribution in [0.3, 0.4) is 0 Å². The van der Waals surface area contributed by atoms with Crippen LogP contribution in [0.4, 0.5) is 0 Å². The minimum Gasteiger partial charge on any atom is -0.356 e. The van der Waals surface area contributed by atoms with Crippen LogP contribution in [0.2, 0.25) is 0 Å². The van der Waals surface area contributed by atoms with Crippen LogP contribution in [0.25, 0.3) is 0 Å². The van der Waals surface area contributed by atoms with Gasteiger partial charge in [0.1, 0.15) is 0 Å². The van der Waals surface area contributed by atoms with Gasteiger partial charge in [-0.25, -0.2) is 0 Å². The third-order valence-electron chi connectivity index (χ3n) is 3.95. The second kappa shape index (κ2) is 9.57. The number of amides is 1. The number of carbonyl (C=O) groups excluding carboxylic acids is 1. The Morgan fingerprint density at radius 3 is 2.20 bits per heavy atom. The van der Waals surface area contributed by atoms with Crippen molar-refractivity contribution in [2.45, 2.75) is 59.3 Å². The lowest BCUT2D eigenvalue weighted by Crippen LogP contribution is -2.30. The number of rotatable bonds is 9. The van der Waals surface area contributed by atoms with Crippen molar-refractivity contribution < 1.29 is 4.79 Å². The van der Waals surface area contributed by atoms with Gasteiger partial charge in [-0.1, -0.05) is 64.3 Å². The number of carbonyl (C=O) groups is 1. The predicted octanol–water partition coefficient (Wildman–Crippen LogP) is 4.12. The van der Waals surface area contributed by atoms with E-state index < -0.39 is 0 Å². The minimum atomic E-state index is 0.137. The fraction of sp³-hybridized carbons (Fsp3) is 0.611. The highest BCUT2D eigenvalue weighted by atomic mass is 16.1. The molecule has 1 amide bonds. The number of benzene rings is 1. The van der Waals surface area contributed by atoms with Gasteiger partial charge in [-0.05, 0) is 29.9 Å². The van der Waals surface area contributed by atoms with Crippen LogP contribution in [0.15, 0.2) is 24.3 Å². The van der Waals surface area contributed by atoms with E-state index in [1.165, 1.54) is 18.4 Å². The van der Waals surface area contributed by atoms with Crippen molar-refractivity contribution in [3.63, 3.8) is 0 Å². The van der Waals surface area contributed by atoms with E-state index in [1.807, 2.05) is 0 Å². The molecule has 1 rings (SSSR count). The molecule has 0 bridgehead atoms. The van der Waals surface area contributed by atoms with E-state index in [1.54, 1.807) is 0 Å². The molecule has 0 atom stereocenters. The summed E-state index contributed by atoms with van der Waals surface area (Å²) in [6.45, 7) is 7.36. The van der Waals surface area contributed by atoms with Gasteiger partial charge in [0.2, 0.25) is 5.91 Å². The van der Waals surface area contributed by atoms with E-state index in [4.69, 9.17) is 0 Å². The maximum Gasteiger partial charge on any atom is 0.224 e. The maximum atomic E-state index is 11.9. The van der Waals surface area contributed by atoms with Gasteiger partial charge in [0.25, 0.3) is 0 Å². The van der Waals surface area contributed by atoms with Crippen molar-refractivity contribution in [3.8, 4) is 0 Å². The van der Waals surface area contributed by atoms with Gasteiger partial charge in [0, 0.05) is 6.54 Å². The molecule has 0 saturated heterocycles. The van der Waals surface area contributed by atoms with Crippen molar-refractivity contribution in [1.29, 1.82) is 0 Å². The monoisotopic (exact) mass is 275 g/mol. The Morgan fingerprint density at radius 2 is 1.65 bits per heavy atom. The second-order valence-electron chi connectivity index (χ2n) is 5.58. The molecular formula is C18H29NO. The highest BCUT2D eigenvalue weighted by molar-refractivity contribution is 5.78. The highest BCUT2D eigenvalue weighted by Gasteiger charge is 2.07. The number of unbranched alkanes of at least 4 members (excludes halogenated alkanes) is 1. The van der Waals surface area contributed by atoms with E-state index >= 15 is 0 Å². The van der Waals surface area contributed by atoms with Crippen molar-refractivity contribution in [3.05, 3.63) is 35.4 Å². The summed E-state index contributed by atoms with van der Waals surface area (Å²) in [7, 11) is 0. The second-order valence-corrected chi connectivity index (χ2v) is 5.58. The van der Waals surface area contributed by atoms with Gasteiger partial charge < -0.3 is 5.32 Å². The quantitative estimate of drug-likeness (QED) is 0.721. The molecule has 0 spiro atoms. The molecule has 0 fully saturated rings. The van der Waals surface area contributed by atoms with E-state index in [-0.39, 0.29) is 5.91 Å². The smallest absolute Gasteiger partial charge is 0.224 e. The number of nitrogens with one attached hydrogen (secondary N) is 1. The Balaban J connectivity index is 2.38. The van der Waals surface area contributed by atoms with Crippen LogP contribution in [0, 0.1) is 5.92 Å². The van der Waals surface area contributed by atoms with Gasteiger partial charge in [-0.15, -0.1) is 0 Å². The van der Waals surface area contributed by atoms with Gasteiger partial charge >= 0.3 is 0 Å². The Labute approximate surface area is 124 Å². The molecule has 0 aromatic heterocycles. The molecule has 2 nitrogen and oxygen atoms in total. The standard InChI is InChI=1S/C18H29NO/c1-4-7-8-16-9-11-17(12-10-16)13-18(20)19-14-15(5-2)6-3/h9-12,15H,4-8,13-14H2,1-3H3,(H,19,20). The molecule has 0 unspecified atom stereocenters. The SMILES string of the molecule is CCCCc1ccc(CC(=O)NCC(CC)CC)cc1. The molecule has 0 aliphatic heterocycles. The molecule has 20 heavy (non-hydrogen) atoms. The van der Waals surface area contributed by atoms with E-state index in [2.05, 4.69) is 50.4 Å². The topological polar surface area (TPSA) is 29.1 Å². The molecule has 0 heterocycles. The van der Waals surface area contributed by atoms with E-state index in [0.717, 1.165) is 31.4 Å². The molecule has 0 radical (unpaired) electrons. The van der Waals surface area contributed by atoms with E-state index in [0.29, 0.717) is 12.3 Å². The fourth-order valence-electron chi connectivity index (χ4n) is 2.29. The van der Waals surface area contributed by atoms with Gasteiger partial charge in [-0.3, -0.25) is 4.79 Å². The molecule has 2 heteroatoms. The average Bonchev–Trinajstić information content (AvgIpc) is 2.47. The van der Waals surface area contributed by atoms with Crippen molar-refractivity contribution in [1.82, 2.24) is 5.32 Å². The lowest BCUT2D eigenvalue weighted by Gasteiger charge is -2.13. The molecule has 0 aliphatic rings. The maximum absolute atomic E-state index is 11.9. The summed E-state index contributed by atoms with van der Waals surface area (Å²) in [5.41, 5.74) is 2.47. The van der Waals surface area contributed by atoms with Crippen LogP contribution in [-0.4, -0.2) is 12.5 Å². The molecule has 1 N–H and O–H groups in total. The zero-order valence-corrected chi connectivity index (χ0v) is 13.2. The van der Waals surface area contributed by atoms with Crippen LogP contribution < -0.4 is 5.32 Å². The zero-order chi connectivity index (χ0) is 14.8. The Morgan fingerprint density at radius 1 is 1.05 bits per heavy atom. The molecule has 112 valence electrons. The first kappa shape index (κ1) is 16.7. The lowest BCUT2D eigenvalue weighted by atomic mass is 10.0. The summed E-state index contributed by atoms with van der Waals surface area (Å²) in [5.74, 6) is 0.744. The summed E-state index contributed by atoms with van der Waals surface area (Å²) in [6.07, 6.45) is 6.34. The predicted molar refractivity (Wildman–Crippen MR) is 85.8 cm³/mol. The average molecular weight is 275 g/mol. The largest absolute Gasteiger partial charge is 0.356 e. The summed E-state index contributed by atoms with van der Waals surface area (Å²) in [6, 6.07) is 8.47. The summed E-state index contributed by atoms with van der Waals surface area (Å²) < 4.78 is 0. The third kappa shape index (κ3) is 6.23. The third-order valence-corrected chi connectivity index (χ3v) is 3.95. The molecular weight excluding hydrogens is 246 g/mol.